The van der Waals surface area contributed by atoms with Crippen LogP contribution in [0.1, 0.15) is 50.2 Å². The highest BCUT2D eigenvalue weighted by atomic mass is 19.1. The lowest BCUT2D eigenvalue weighted by atomic mass is 9.91. The molecule has 0 saturated carbocycles. The normalized spacial score (nSPS) is 27.4. The number of halogens is 1. The maximum Gasteiger partial charge on any atom is 0.123 e. The Balaban J connectivity index is 1.89. The van der Waals surface area contributed by atoms with Crippen molar-refractivity contribution in [2.24, 2.45) is 0 Å². The van der Waals surface area contributed by atoms with Crippen molar-refractivity contribution >= 4 is 6.08 Å². The standard InChI is InChI=1S/C17H22FN/c1-12-4-2-7-17(19-12)14-6-3-5-13-8-9-16(18)11-15(13)10-14/h8-12,17,19H,2-7H2,1H3. The third kappa shape index (κ3) is 2.89. The van der Waals surface area contributed by atoms with Gasteiger partial charge in [-0.15, -0.1) is 0 Å². The van der Waals surface area contributed by atoms with Crippen LogP contribution < -0.4 is 5.32 Å². The molecule has 2 unspecified atom stereocenters. The van der Waals surface area contributed by atoms with Crippen LogP contribution >= 0.6 is 0 Å². The molecule has 1 aromatic carbocycles. The molecule has 0 bridgehead atoms. The predicted octanol–water partition coefficient (Wildman–Crippen LogP) is 4.08. The summed E-state index contributed by atoms with van der Waals surface area (Å²) in [4.78, 5) is 0. The van der Waals surface area contributed by atoms with E-state index in [1.807, 2.05) is 6.07 Å². The smallest absolute Gasteiger partial charge is 0.123 e. The van der Waals surface area contributed by atoms with Gasteiger partial charge in [-0.3, -0.25) is 0 Å². The Morgan fingerprint density at radius 3 is 2.89 bits per heavy atom. The Kier molecular flexibility index (Phi) is 3.69. The average molecular weight is 259 g/mol. The minimum absolute atomic E-state index is 0.124. The van der Waals surface area contributed by atoms with Crippen LogP contribution in [0.2, 0.25) is 0 Å². The molecule has 1 saturated heterocycles. The van der Waals surface area contributed by atoms with E-state index >= 15 is 0 Å². The summed E-state index contributed by atoms with van der Waals surface area (Å²) in [5, 5.41) is 3.70. The number of aryl methyl sites for hydroxylation is 1. The topological polar surface area (TPSA) is 12.0 Å². The van der Waals surface area contributed by atoms with Crippen LogP contribution in [0.5, 0.6) is 0 Å². The van der Waals surface area contributed by atoms with Crippen LogP contribution in [0, 0.1) is 5.82 Å². The second kappa shape index (κ2) is 5.46. The van der Waals surface area contributed by atoms with Crippen molar-refractivity contribution in [3.8, 4) is 0 Å². The number of hydrogen-bond acceptors (Lipinski definition) is 1. The molecular formula is C17H22FN. The Morgan fingerprint density at radius 2 is 2.05 bits per heavy atom. The number of piperidine rings is 1. The number of hydrogen-bond donors (Lipinski definition) is 1. The summed E-state index contributed by atoms with van der Waals surface area (Å²) in [5.74, 6) is -0.124. The Hall–Kier alpha value is -1.15. The highest BCUT2D eigenvalue weighted by Crippen LogP contribution is 2.29. The molecular weight excluding hydrogens is 237 g/mol. The summed E-state index contributed by atoms with van der Waals surface area (Å²) in [6.45, 7) is 2.26. The molecule has 3 rings (SSSR count). The fourth-order valence-corrected chi connectivity index (χ4v) is 3.39. The zero-order valence-corrected chi connectivity index (χ0v) is 11.6. The molecule has 0 spiro atoms. The van der Waals surface area contributed by atoms with E-state index in [9.17, 15) is 4.39 Å². The van der Waals surface area contributed by atoms with Gasteiger partial charge in [-0.2, -0.15) is 0 Å². The lowest BCUT2D eigenvalue weighted by molar-refractivity contribution is 0.360. The maximum atomic E-state index is 13.4. The molecule has 0 aromatic heterocycles. The van der Waals surface area contributed by atoms with E-state index in [2.05, 4.69) is 18.3 Å². The molecule has 1 aliphatic heterocycles. The zero-order chi connectivity index (χ0) is 13.2. The molecule has 102 valence electrons. The highest BCUT2D eigenvalue weighted by molar-refractivity contribution is 5.59. The van der Waals surface area contributed by atoms with E-state index in [1.165, 1.54) is 36.8 Å². The molecule has 2 atom stereocenters. The first-order valence-corrected chi connectivity index (χ1v) is 7.47. The van der Waals surface area contributed by atoms with Gasteiger partial charge in [0.15, 0.2) is 0 Å². The van der Waals surface area contributed by atoms with Gasteiger partial charge >= 0.3 is 0 Å². The molecule has 1 aliphatic carbocycles. The van der Waals surface area contributed by atoms with Gasteiger partial charge in [-0.05, 0) is 62.3 Å². The van der Waals surface area contributed by atoms with Gasteiger partial charge in [0.1, 0.15) is 5.82 Å². The summed E-state index contributed by atoms with van der Waals surface area (Å²) in [6.07, 6.45) is 9.42. The number of nitrogens with one attached hydrogen (secondary N) is 1. The quantitative estimate of drug-likeness (QED) is 0.801. The summed E-state index contributed by atoms with van der Waals surface area (Å²) >= 11 is 0. The Morgan fingerprint density at radius 1 is 1.16 bits per heavy atom. The molecule has 0 radical (unpaired) electrons. The third-order valence-corrected chi connectivity index (χ3v) is 4.42. The van der Waals surface area contributed by atoms with Gasteiger partial charge in [-0.1, -0.05) is 24.1 Å². The molecule has 2 heteroatoms. The van der Waals surface area contributed by atoms with E-state index in [1.54, 1.807) is 12.1 Å². The van der Waals surface area contributed by atoms with Crippen LogP contribution in [-0.2, 0) is 6.42 Å². The predicted molar refractivity (Wildman–Crippen MR) is 77.6 cm³/mol. The van der Waals surface area contributed by atoms with Gasteiger partial charge in [-0.25, -0.2) is 4.39 Å². The largest absolute Gasteiger partial charge is 0.308 e. The van der Waals surface area contributed by atoms with Crippen molar-refractivity contribution in [2.45, 2.75) is 57.5 Å². The first-order valence-electron chi connectivity index (χ1n) is 7.47. The third-order valence-electron chi connectivity index (χ3n) is 4.42. The van der Waals surface area contributed by atoms with Crippen molar-refractivity contribution in [2.75, 3.05) is 0 Å². The summed E-state index contributed by atoms with van der Waals surface area (Å²) in [5.41, 5.74) is 3.85. The van der Waals surface area contributed by atoms with Crippen molar-refractivity contribution in [3.05, 3.63) is 40.7 Å². The molecule has 0 amide bonds. The van der Waals surface area contributed by atoms with E-state index in [0.29, 0.717) is 12.1 Å². The minimum Gasteiger partial charge on any atom is -0.308 e. The molecule has 1 N–H and O–H groups in total. The number of rotatable bonds is 1. The molecule has 1 nitrogen and oxygen atoms in total. The minimum atomic E-state index is -0.124. The Labute approximate surface area is 114 Å². The highest BCUT2D eigenvalue weighted by Gasteiger charge is 2.22. The second-order valence-electron chi connectivity index (χ2n) is 5.97. The van der Waals surface area contributed by atoms with Gasteiger partial charge in [0.05, 0.1) is 0 Å². The number of fused-ring (bicyclic) bond motifs is 1. The molecule has 2 aliphatic rings. The lowest BCUT2D eigenvalue weighted by Gasteiger charge is -2.30. The van der Waals surface area contributed by atoms with Crippen molar-refractivity contribution in [1.82, 2.24) is 5.32 Å². The summed E-state index contributed by atoms with van der Waals surface area (Å²) < 4.78 is 13.4. The van der Waals surface area contributed by atoms with E-state index in [-0.39, 0.29) is 5.82 Å². The first kappa shape index (κ1) is 12.9. The van der Waals surface area contributed by atoms with Crippen LogP contribution in [0.3, 0.4) is 0 Å². The summed E-state index contributed by atoms with van der Waals surface area (Å²) in [6, 6.07) is 6.32. The monoisotopic (exact) mass is 259 g/mol. The van der Waals surface area contributed by atoms with Crippen molar-refractivity contribution in [3.63, 3.8) is 0 Å². The van der Waals surface area contributed by atoms with E-state index < -0.39 is 0 Å². The first-order chi connectivity index (χ1) is 9.22. The lowest BCUT2D eigenvalue weighted by Crippen LogP contribution is -2.41. The SMILES string of the molecule is CC1CCCC(C2=Cc3cc(F)ccc3CCC2)N1. The van der Waals surface area contributed by atoms with Crippen LogP contribution in [0.25, 0.3) is 6.08 Å². The molecule has 19 heavy (non-hydrogen) atoms. The fraction of sp³-hybridized carbons (Fsp3) is 0.529. The number of benzene rings is 1. The molecule has 1 heterocycles. The molecule has 1 aromatic rings. The maximum absolute atomic E-state index is 13.4. The Bertz CT molecular complexity index is 492. The van der Waals surface area contributed by atoms with Crippen molar-refractivity contribution in [1.29, 1.82) is 0 Å². The summed E-state index contributed by atoms with van der Waals surface area (Å²) in [7, 11) is 0. The second-order valence-corrected chi connectivity index (χ2v) is 5.97. The van der Waals surface area contributed by atoms with E-state index in [4.69, 9.17) is 0 Å². The van der Waals surface area contributed by atoms with Crippen molar-refractivity contribution < 1.29 is 4.39 Å². The van der Waals surface area contributed by atoms with Gasteiger partial charge in [0.25, 0.3) is 0 Å². The molecule has 1 fully saturated rings. The van der Waals surface area contributed by atoms with Crippen LogP contribution in [0.15, 0.2) is 23.8 Å². The fourth-order valence-electron chi connectivity index (χ4n) is 3.39. The van der Waals surface area contributed by atoms with E-state index in [0.717, 1.165) is 18.4 Å². The van der Waals surface area contributed by atoms with Gasteiger partial charge in [0.2, 0.25) is 0 Å². The van der Waals surface area contributed by atoms with Gasteiger partial charge in [0, 0.05) is 12.1 Å². The average Bonchev–Trinajstić information content (AvgIpc) is 2.60. The van der Waals surface area contributed by atoms with Gasteiger partial charge < -0.3 is 5.32 Å². The van der Waals surface area contributed by atoms with Crippen LogP contribution in [0.4, 0.5) is 4.39 Å². The van der Waals surface area contributed by atoms with Crippen LogP contribution in [-0.4, -0.2) is 12.1 Å². The zero-order valence-electron chi connectivity index (χ0n) is 11.6.